The first kappa shape index (κ1) is 17.8. The third-order valence-electron chi connectivity index (χ3n) is 4.48. The summed E-state index contributed by atoms with van der Waals surface area (Å²) in [6.45, 7) is 3.22. The Labute approximate surface area is 153 Å². The lowest BCUT2D eigenvalue weighted by molar-refractivity contribution is -0.131. The van der Waals surface area contributed by atoms with Crippen molar-refractivity contribution in [2.24, 2.45) is 0 Å². The zero-order valence-corrected chi connectivity index (χ0v) is 15.0. The summed E-state index contributed by atoms with van der Waals surface area (Å²) in [5.41, 5.74) is 3.70. The van der Waals surface area contributed by atoms with E-state index < -0.39 is 0 Å². The highest BCUT2D eigenvalue weighted by molar-refractivity contribution is 5.99. The maximum absolute atomic E-state index is 12.2. The number of ether oxygens (including phenoxy) is 1. The Hall–Kier alpha value is -3.02. The van der Waals surface area contributed by atoms with Crippen LogP contribution in [0.2, 0.25) is 0 Å². The fraction of sp³-hybridized carbons (Fsp3) is 0.300. The second-order valence-corrected chi connectivity index (χ2v) is 6.21. The fourth-order valence-corrected chi connectivity index (χ4v) is 3.04. The maximum atomic E-state index is 12.2. The van der Waals surface area contributed by atoms with Gasteiger partial charge in [0.15, 0.2) is 0 Å². The summed E-state index contributed by atoms with van der Waals surface area (Å²) in [5, 5.41) is 5.63. The first-order chi connectivity index (χ1) is 12.6. The molecule has 1 heterocycles. The Bertz CT molecular complexity index is 802. The van der Waals surface area contributed by atoms with Crippen LogP contribution in [0.3, 0.4) is 0 Å². The first-order valence-corrected chi connectivity index (χ1v) is 8.70. The molecule has 3 rings (SSSR count). The van der Waals surface area contributed by atoms with Crippen LogP contribution < -0.4 is 15.4 Å². The number of hydrogen-bond donors (Lipinski definition) is 2. The highest BCUT2D eigenvalue weighted by Crippen LogP contribution is 2.23. The minimum Gasteiger partial charge on any atom is -0.497 e. The molecule has 2 aromatic rings. The molecule has 26 heavy (non-hydrogen) atoms. The van der Waals surface area contributed by atoms with Gasteiger partial charge in [-0.05, 0) is 53.9 Å². The molecular formula is C20H23N3O3. The zero-order valence-electron chi connectivity index (χ0n) is 15.0. The minimum absolute atomic E-state index is 0.159. The number of nitrogens with zero attached hydrogens (tertiary/aromatic N) is 1. The normalized spacial score (nSPS) is 12.9. The molecule has 0 bridgehead atoms. The van der Waals surface area contributed by atoms with Crippen LogP contribution >= 0.6 is 0 Å². The van der Waals surface area contributed by atoms with Gasteiger partial charge < -0.3 is 20.3 Å². The van der Waals surface area contributed by atoms with Crippen LogP contribution in [0.25, 0.3) is 0 Å². The average molecular weight is 353 g/mol. The predicted molar refractivity (Wildman–Crippen MR) is 101 cm³/mol. The van der Waals surface area contributed by atoms with Crippen LogP contribution in [0, 0.1) is 0 Å². The van der Waals surface area contributed by atoms with Gasteiger partial charge in [0.1, 0.15) is 5.75 Å². The van der Waals surface area contributed by atoms with E-state index in [0.29, 0.717) is 24.3 Å². The van der Waals surface area contributed by atoms with E-state index in [4.69, 9.17) is 4.74 Å². The standard InChI is InChI=1S/C20H23N3O3/c1-3-19(24)23-11-10-14-4-5-17(12-15(14)13-23)22-20(25)21-16-6-8-18(26-2)9-7-16/h4-9,12H,3,10-11,13H2,1-2H3,(H2,21,22,25). The van der Waals surface area contributed by atoms with Gasteiger partial charge >= 0.3 is 6.03 Å². The summed E-state index contributed by atoms with van der Waals surface area (Å²) in [6, 6.07) is 12.7. The molecular weight excluding hydrogens is 330 g/mol. The van der Waals surface area contributed by atoms with Crippen molar-refractivity contribution in [1.82, 2.24) is 4.90 Å². The maximum Gasteiger partial charge on any atom is 0.323 e. The van der Waals surface area contributed by atoms with E-state index in [9.17, 15) is 9.59 Å². The van der Waals surface area contributed by atoms with Gasteiger partial charge in [-0.3, -0.25) is 4.79 Å². The van der Waals surface area contributed by atoms with Gasteiger partial charge in [-0.2, -0.15) is 0 Å². The van der Waals surface area contributed by atoms with Crippen molar-refractivity contribution in [1.29, 1.82) is 0 Å². The Morgan fingerprint density at radius 2 is 1.73 bits per heavy atom. The van der Waals surface area contributed by atoms with Gasteiger partial charge in [-0.25, -0.2) is 4.79 Å². The van der Waals surface area contributed by atoms with Crippen molar-refractivity contribution < 1.29 is 14.3 Å². The molecule has 1 aliphatic rings. The molecule has 0 saturated heterocycles. The molecule has 0 spiro atoms. The molecule has 0 radical (unpaired) electrons. The monoisotopic (exact) mass is 353 g/mol. The SMILES string of the molecule is CCC(=O)N1CCc2ccc(NC(=O)Nc3ccc(OC)cc3)cc2C1. The Morgan fingerprint density at radius 3 is 2.42 bits per heavy atom. The molecule has 0 fully saturated rings. The summed E-state index contributed by atoms with van der Waals surface area (Å²) < 4.78 is 5.10. The number of anilines is 2. The van der Waals surface area contributed by atoms with Gasteiger partial charge in [0.2, 0.25) is 5.91 Å². The van der Waals surface area contributed by atoms with Crippen molar-refractivity contribution in [3.8, 4) is 5.75 Å². The highest BCUT2D eigenvalue weighted by Gasteiger charge is 2.19. The van der Waals surface area contributed by atoms with Gasteiger partial charge in [-0.1, -0.05) is 13.0 Å². The van der Waals surface area contributed by atoms with E-state index in [1.54, 1.807) is 31.4 Å². The molecule has 3 amide bonds. The molecule has 0 aromatic heterocycles. The van der Waals surface area contributed by atoms with E-state index in [2.05, 4.69) is 10.6 Å². The summed E-state index contributed by atoms with van der Waals surface area (Å²) >= 11 is 0. The molecule has 2 N–H and O–H groups in total. The van der Waals surface area contributed by atoms with Crippen LogP contribution in [0.15, 0.2) is 42.5 Å². The number of hydrogen-bond acceptors (Lipinski definition) is 3. The largest absolute Gasteiger partial charge is 0.497 e. The second-order valence-electron chi connectivity index (χ2n) is 6.21. The molecule has 2 aromatic carbocycles. The number of fused-ring (bicyclic) bond motifs is 1. The molecule has 1 aliphatic heterocycles. The number of urea groups is 1. The van der Waals surface area contributed by atoms with Crippen LogP contribution in [-0.4, -0.2) is 30.5 Å². The van der Waals surface area contributed by atoms with Crippen molar-refractivity contribution in [3.63, 3.8) is 0 Å². The Balaban J connectivity index is 1.64. The van der Waals surface area contributed by atoms with Crippen LogP contribution in [0.4, 0.5) is 16.2 Å². The van der Waals surface area contributed by atoms with E-state index in [1.165, 1.54) is 5.56 Å². The summed E-state index contributed by atoms with van der Waals surface area (Å²) in [7, 11) is 1.60. The molecule has 0 saturated carbocycles. The van der Waals surface area contributed by atoms with Crippen molar-refractivity contribution in [2.45, 2.75) is 26.3 Å². The summed E-state index contributed by atoms with van der Waals surface area (Å²) in [5.74, 6) is 0.892. The summed E-state index contributed by atoms with van der Waals surface area (Å²) in [6.07, 6.45) is 1.36. The van der Waals surface area contributed by atoms with E-state index in [-0.39, 0.29) is 11.9 Å². The number of benzene rings is 2. The molecule has 6 nitrogen and oxygen atoms in total. The van der Waals surface area contributed by atoms with Gasteiger partial charge in [0.05, 0.1) is 7.11 Å². The Kier molecular flexibility index (Phi) is 5.41. The Morgan fingerprint density at radius 1 is 1.04 bits per heavy atom. The number of rotatable bonds is 4. The molecule has 0 unspecified atom stereocenters. The minimum atomic E-state index is -0.313. The lowest BCUT2D eigenvalue weighted by Gasteiger charge is -2.29. The number of carbonyl (C=O) groups excluding carboxylic acids is 2. The van der Waals surface area contributed by atoms with E-state index in [1.807, 2.05) is 30.0 Å². The third-order valence-corrected chi connectivity index (χ3v) is 4.48. The van der Waals surface area contributed by atoms with Crippen molar-refractivity contribution in [2.75, 3.05) is 24.3 Å². The smallest absolute Gasteiger partial charge is 0.323 e. The second kappa shape index (κ2) is 7.91. The topological polar surface area (TPSA) is 70.7 Å². The van der Waals surface area contributed by atoms with Crippen molar-refractivity contribution in [3.05, 3.63) is 53.6 Å². The quantitative estimate of drug-likeness (QED) is 0.882. The lowest BCUT2D eigenvalue weighted by atomic mass is 9.99. The van der Waals surface area contributed by atoms with Gasteiger partial charge in [-0.15, -0.1) is 0 Å². The fourth-order valence-electron chi connectivity index (χ4n) is 3.04. The van der Waals surface area contributed by atoms with E-state index >= 15 is 0 Å². The van der Waals surface area contributed by atoms with Crippen LogP contribution in [0.1, 0.15) is 24.5 Å². The molecule has 0 aliphatic carbocycles. The number of nitrogens with one attached hydrogen (secondary N) is 2. The molecule has 6 heteroatoms. The predicted octanol–water partition coefficient (Wildman–Crippen LogP) is 3.63. The van der Waals surface area contributed by atoms with Gasteiger partial charge in [0, 0.05) is 30.9 Å². The lowest BCUT2D eigenvalue weighted by Crippen LogP contribution is -2.35. The van der Waals surface area contributed by atoms with Crippen LogP contribution in [0.5, 0.6) is 5.75 Å². The number of amides is 3. The molecule has 0 atom stereocenters. The van der Waals surface area contributed by atoms with Crippen molar-refractivity contribution >= 4 is 23.3 Å². The highest BCUT2D eigenvalue weighted by atomic mass is 16.5. The zero-order chi connectivity index (χ0) is 18.5. The summed E-state index contributed by atoms with van der Waals surface area (Å²) in [4.78, 5) is 26.0. The van der Waals surface area contributed by atoms with E-state index in [0.717, 1.165) is 24.3 Å². The third kappa shape index (κ3) is 4.14. The average Bonchev–Trinajstić information content (AvgIpc) is 2.67. The first-order valence-electron chi connectivity index (χ1n) is 8.70. The van der Waals surface area contributed by atoms with Crippen LogP contribution in [-0.2, 0) is 17.8 Å². The number of carbonyl (C=O) groups is 2. The molecule has 136 valence electrons. The number of methoxy groups -OCH3 is 1. The van der Waals surface area contributed by atoms with Gasteiger partial charge in [0.25, 0.3) is 0 Å².